The van der Waals surface area contributed by atoms with Gasteiger partial charge in [0.05, 0.1) is 5.88 Å². The average molecular weight is 194 g/mol. The van der Waals surface area contributed by atoms with Crippen molar-refractivity contribution >= 4 is 23.4 Å². The second kappa shape index (κ2) is 5.11. The Labute approximate surface area is 76.0 Å². The maximum absolute atomic E-state index is 10.8. The third kappa shape index (κ3) is 3.69. The maximum atomic E-state index is 10.8. The second-order valence-electron chi connectivity index (χ2n) is 2.44. The van der Waals surface area contributed by atoms with E-state index in [1.54, 1.807) is 0 Å². The maximum Gasteiger partial charge on any atom is 0.303 e. The molecule has 0 bridgehead atoms. The lowest BCUT2D eigenvalue weighted by Gasteiger charge is -2.18. The van der Waals surface area contributed by atoms with Crippen LogP contribution in [0.1, 0.15) is 13.8 Å². The van der Waals surface area contributed by atoms with E-state index in [0.29, 0.717) is 0 Å². The molecule has 0 amide bonds. The van der Waals surface area contributed by atoms with Crippen molar-refractivity contribution in [1.29, 1.82) is 0 Å². The Bertz CT molecular complexity index is 183. The van der Waals surface area contributed by atoms with Crippen molar-refractivity contribution in [3.05, 3.63) is 0 Å². The topological polar surface area (TPSA) is 69.4 Å². The molecule has 2 N–H and O–H groups in total. The molecule has 0 radical (unpaired) electrons. The van der Waals surface area contributed by atoms with Crippen molar-refractivity contribution in [2.45, 2.75) is 26.0 Å². The molecule has 2 atom stereocenters. The van der Waals surface area contributed by atoms with Gasteiger partial charge in [-0.3, -0.25) is 9.59 Å². The molecular formula is C7H12ClNO3. The van der Waals surface area contributed by atoms with E-state index in [4.69, 9.17) is 22.1 Å². The quantitative estimate of drug-likeness (QED) is 0.507. The molecule has 4 nitrogen and oxygen atoms in total. The summed E-state index contributed by atoms with van der Waals surface area (Å²) in [5.74, 6) is -0.709. The molecule has 0 aromatic carbocycles. The SMILES string of the molecule is CC(=O)OC(CCl)C(N)C(C)=O. The Morgan fingerprint density at radius 2 is 2.00 bits per heavy atom. The minimum atomic E-state index is -0.827. The second-order valence-corrected chi connectivity index (χ2v) is 2.75. The van der Waals surface area contributed by atoms with Crippen LogP contribution < -0.4 is 5.73 Å². The summed E-state index contributed by atoms with van der Waals surface area (Å²) in [5, 5.41) is 0. The van der Waals surface area contributed by atoms with Crippen LogP contribution in [0.3, 0.4) is 0 Å². The number of carbonyl (C=O) groups excluding carboxylic acids is 2. The number of rotatable bonds is 4. The molecule has 12 heavy (non-hydrogen) atoms. The molecule has 0 saturated carbocycles. The summed E-state index contributed by atoms with van der Waals surface area (Å²) in [6.45, 7) is 2.57. The standard InChI is InChI=1S/C7H12ClNO3/c1-4(10)7(9)6(3-8)12-5(2)11/h6-7H,3,9H2,1-2H3. The van der Waals surface area contributed by atoms with E-state index in [-0.39, 0.29) is 11.7 Å². The third-order valence-corrected chi connectivity index (χ3v) is 1.64. The average Bonchev–Trinajstić information content (AvgIpc) is 1.98. The Hall–Kier alpha value is -0.610. The molecule has 5 heteroatoms. The fourth-order valence-corrected chi connectivity index (χ4v) is 0.931. The third-order valence-electron chi connectivity index (χ3n) is 1.34. The molecule has 0 aromatic heterocycles. The van der Waals surface area contributed by atoms with Crippen molar-refractivity contribution in [3.63, 3.8) is 0 Å². The minimum absolute atomic E-state index is 0.0281. The summed E-state index contributed by atoms with van der Waals surface area (Å²) in [6.07, 6.45) is -0.721. The predicted molar refractivity (Wildman–Crippen MR) is 44.9 cm³/mol. The molecule has 0 aliphatic carbocycles. The van der Waals surface area contributed by atoms with Crippen LogP contribution in [0, 0.1) is 0 Å². The fourth-order valence-electron chi connectivity index (χ4n) is 0.676. The van der Waals surface area contributed by atoms with Gasteiger partial charge in [-0.15, -0.1) is 11.6 Å². The highest BCUT2D eigenvalue weighted by Crippen LogP contribution is 2.01. The number of nitrogens with two attached hydrogens (primary N) is 1. The van der Waals surface area contributed by atoms with Gasteiger partial charge < -0.3 is 10.5 Å². The molecule has 0 aliphatic rings. The van der Waals surface area contributed by atoms with Crippen LogP contribution >= 0.6 is 11.6 Å². The van der Waals surface area contributed by atoms with Gasteiger partial charge in [0, 0.05) is 6.92 Å². The molecular weight excluding hydrogens is 182 g/mol. The molecule has 0 fully saturated rings. The van der Waals surface area contributed by atoms with E-state index < -0.39 is 18.1 Å². The lowest BCUT2D eigenvalue weighted by atomic mass is 10.1. The van der Waals surface area contributed by atoms with E-state index in [9.17, 15) is 9.59 Å². The van der Waals surface area contributed by atoms with E-state index >= 15 is 0 Å². The monoisotopic (exact) mass is 193 g/mol. The van der Waals surface area contributed by atoms with Gasteiger partial charge in [-0.05, 0) is 6.92 Å². The van der Waals surface area contributed by atoms with Crippen LogP contribution in [0.4, 0.5) is 0 Å². The van der Waals surface area contributed by atoms with E-state index in [2.05, 4.69) is 0 Å². The highest BCUT2D eigenvalue weighted by atomic mass is 35.5. The predicted octanol–water partition coefficient (Wildman–Crippen LogP) is 0.0732. The smallest absolute Gasteiger partial charge is 0.303 e. The molecule has 70 valence electrons. The van der Waals surface area contributed by atoms with Gasteiger partial charge in [-0.2, -0.15) is 0 Å². The molecule has 0 heterocycles. The first-order valence-corrected chi connectivity index (χ1v) is 4.01. The molecule has 0 aliphatic heterocycles. The van der Waals surface area contributed by atoms with Gasteiger partial charge >= 0.3 is 5.97 Å². The zero-order valence-electron chi connectivity index (χ0n) is 7.04. The first kappa shape index (κ1) is 11.4. The summed E-state index contributed by atoms with van der Waals surface area (Å²) >= 11 is 5.44. The number of Topliss-reactive ketones (excluding diaryl/α,β-unsaturated/α-hetero) is 1. The fraction of sp³-hybridized carbons (Fsp3) is 0.714. The van der Waals surface area contributed by atoms with Gasteiger partial charge in [0.25, 0.3) is 0 Å². The van der Waals surface area contributed by atoms with E-state index in [1.165, 1.54) is 13.8 Å². The van der Waals surface area contributed by atoms with Crippen LogP contribution in [0.15, 0.2) is 0 Å². The molecule has 2 unspecified atom stereocenters. The highest BCUT2D eigenvalue weighted by Gasteiger charge is 2.23. The molecule has 0 aromatic rings. The van der Waals surface area contributed by atoms with Gasteiger partial charge in [-0.25, -0.2) is 0 Å². The van der Waals surface area contributed by atoms with E-state index in [1.807, 2.05) is 0 Å². The van der Waals surface area contributed by atoms with Crippen molar-refractivity contribution in [3.8, 4) is 0 Å². The summed E-state index contributed by atoms with van der Waals surface area (Å²) < 4.78 is 4.71. The normalized spacial score (nSPS) is 15.0. The zero-order chi connectivity index (χ0) is 9.72. The lowest BCUT2D eigenvalue weighted by molar-refractivity contribution is -0.147. The minimum Gasteiger partial charge on any atom is -0.459 e. The molecule has 0 spiro atoms. The van der Waals surface area contributed by atoms with Crippen molar-refractivity contribution in [1.82, 2.24) is 0 Å². The van der Waals surface area contributed by atoms with Gasteiger partial charge in [-0.1, -0.05) is 0 Å². The Morgan fingerprint density at radius 1 is 1.50 bits per heavy atom. The number of ether oxygens (including phenoxy) is 1. The van der Waals surface area contributed by atoms with Gasteiger partial charge in [0.1, 0.15) is 17.9 Å². The van der Waals surface area contributed by atoms with Crippen molar-refractivity contribution in [2.75, 3.05) is 5.88 Å². The number of hydrogen-bond acceptors (Lipinski definition) is 4. The number of carbonyl (C=O) groups is 2. The van der Waals surface area contributed by atoms with Crippen molar-refractivity contribution < 1.29 is 14.3 Å². The Morgan fingerprint density at radius 3 is 2.25 bits per heavy atom. The molecule has 0 saturated heterocycles. The largest absolute Gasteiger partial charge is 0.459 e. The van der Waals surface area contributed by atoms with Gasteiger partial charge in [0.2, 0.25) is 0 Å². The first-order valence-electron chi connectivity index (χ1n) is 3.48. The van der Waals surface area contributed by atoms with Crippen LogP contribution in [-0.2, 0) is 14.3 Å². The number of hydrogen-bond donors (Lipinski definition) is 1. The highest BCUT2D eigenvalue weighted by molar-refractivity contribution is 6.18. The van der Waals surface area contributed by atoms with Crippen LogP contribution in [0.5, 0.6) is 0 Å². The summed E-state index contributed by atoms with van der Waals surface area (Å²) in [5.41, 5.74) is 5.41. The summed E-state index contributed by atoms with van der Waals surface area (Å²) in [7, 11) is 0. The Balaban J connectivity index is 4.14. The Kier molecular flexibility index (Phi) is 4.85. The van der Waals surface area contributed by atoms with Crippen LogP contribution in [-0.4, -0.2) is 29.8 Å². The molecule has 0 rings (SSSR count). The number of ketones is 1. The van der Waals surface area contributed by atoms with Gasteiger partial charge in [0.15, 0.2) is 0 Å². The summed E-state index contributed by atoms with van der Waals surface area (Å²) in [4.78, 5) is 21.2. The van der Waals surface area contributed by atoms with Crippen LogP contribution in [0.2, 0.25) is 0 Å². The van der Waals surface area contributed by atoms with Crippen LogP contribution in [0.25, 0.3) is 0 Å². The van der Waals surface area contributed by atoms with Crippen molar-refractivity contribution in [2.24, 2.45) is 5.73 Å². The van der Waals surface area contributed by atoms with E-state index in [0.717, 1.165) is 0 Å². The lowest BCUT2D eigenvalue weighted by Crippen LogP contribution is -2.44. The number of halogens is 1. The number of esters is 1. The first-order chi connectivity index (χ1) is 5.49. The zero-order valence-corrected chi connectivity index (χ0v) is 7.80. The summed E-state index contributed by atoms with van der Waals surface area (Å²) in [6, 6.07) is -0.827. The number of alkyl halides is 1.